The molecule has 0 saturated heterocycles. The van der Waals surface area contributed by atoms with Crippen LogP contribution in [0.4, 0.5) is 5.69 Å². The number of benzene rings is 2. The van der Waals surface area contributed by atoms with Gasteiger partial charge in [-0.2, -0.15) is 0 Å². The van der Waals surface area contributed by atoms with Crippen LogP contribution in [0.3, 0.4) is 0 Å². The van der Waals surface area contributed by atoms with Gasteiger partial charge in [0.1, 0.15) is 10.6 Å². The van der Waals surface area contributed by atoms with Crippen LogP contribution >= 0.6 is 11.3 Å². The molecule has 1 heterocycles. The molecule has 3 rings (SSSR count). The number of methoxy groups -OCH3 is 2. The Hall–Kier alpha value is -2.86. The summed E-state index contributed by atoms with van der Waals surface area (Å²) in [5, 5.41) is 3.72. The maximum atomic E-state index is 12.6. The van der Waals surface area contributed by atoms with Crippen LogP contribution in [-0.4, -0.2) is 26.1 Å². The Kier molecular flexibility index (Phi) is 5.23. The minimum Gasteiger partial charge on any atom is -0.496 e. The van der Waals surface area contributed by atoms with Gasteiger partial charge in [-0.1, -0.05) is 30.3 Å². The fraction of sp³-hybridized carbons (Fsp3) is 0.200. The molecule has 1 aromatic heterocycles. The maximum absolute atomic E-state index is 12.6. The molecule has 26 heavy (non-hydrogen) atoms. The van der Waals surface area contributed by atoms with Gasteiger partial charge in [-0.15, -0.1) is 11.3 Å². The van der Waals surface area contributed by atoms with Crippen LogP contribution in [0.1, 0.15) is 20.8 Å². The Balaban J connectivity index is 1.87. The lowest BCUT2D eigenvalue weighted by atomic mass is 10.1. The van der Waals surface area contributed by atoms with Crippen LogP contribution in [0.2, 0.25) is 0 Å². The number of amides is 1. The molecule has 134 valence electrons. The first-order valence-corrected chi connectivity index (χ1v) is 8.88. The molecule has 3 aromatic rings. The second-order valence-corrected chi connectivity index (χ2v) is 6.88. The van der Waals surface area contributed by atoms with Crippen LogP contribution in [-0.2, 0) is 16.0 Å². The third-order valence-corrected chi connectivity index (χ3v) is 5.21. The highest BCUT2D eigenvalue weighted by Gasteiger charge is 2.20. The second-order valence-electron chi connectivity index (χ2n) is 5.82. The van der Waals surface area contributed by atoms with Gasteiger partial charge in [0.2, 0.25) is 5.91 Å². The summed E-state index contributed by atoms with van der Waals surface area (Å²) in [4.78, 5) is 25.0. The maximum Gasteiger partial charge on any atom is 0.350 e. The second kappa shape index (κ2) is 7.58. The van der Waals surface area contributed by atoms with E-state index in [1.54, 1.807) is 7.11 Å². The lowest BCUT2D eigenvalue weighted by Gasteiger charge is -2.09. The van der Waals surface area contributed by atoms with Crippen molar-refractivity contribution in [1.29, 1.82) is 0 Å². The third kappa shape index (κ3) is 3.55. The monoisotopic (exact) mass is 369 g/mol. The molecule has 5 nitrogen and oxygen atoms in total. The molecule has 0 aliphatic heterocycles. The van der Waals surface area contributed by atoms with Crippen molar-refractivity contribution in [2.24, 2.45) is 0 Å². The average Bonchev–Trinajstić information content (AvgIpc) is 3.00. The number of ether oxygens (including phenoxy) is 2. The molecule has 0 spiro atoms. The Bertz CT molecular complexity index is 977. The van der Waals surface area contributed by atoms with Gasteiger partial charge in [-0.25, -0.2) is 4.79 Å². The van der Waals surface area contributed by atoms with E-state index in [0.717, 1.165) is 27.0 Å². The molecule has 1 N–H and O–H groups in total. The average molecular weight is 369 g/mol. The van der Waals surface area contributed by atoms with Crippen molar-refractivity contribution < 1.29 is 19.1 Å². The summed E-state index contributed by atoms with van der Waals surface area (Å²) < 4.78 is 11.0. The number of anilines is 1. The Morgan fingerprint density at radius 1 is 1.12 bits per heavy atom. The fourth-order valence-corrected chi connectivity index (χ4v) is 3.90. The highest BCUT2D eigenvalue weighted by atomic mass is 32.1. The lowest BCUT2D eigenvalue weighted by Crippen LogP contribution is -2.16. The topological polar surface area (TPSA) is 64.6 Å². The Morgan fingerprint density at radius 2 is 1.88 bits per heavy atom. The highest BCUT2D eigenvalue weighted by molar-refractivity contribution is 7.21. The smallest absolute Gasteiger partial charge is 0.350 e. The van der Waals surface area contributed by atoms with Crippen molar-refractivity contribution in [1.82, 2.24) is 0 Å². The van der Waals surface area contributed by atoms with Crippen molar-refractivity contribution in [2.45, 2.75) is 13.3 Å². The SMILES string of the molecule is COC(=O)c1sc2ccccc2c1NC(=O)Cc1ccc(OC)c(C)c1. The predicted molar refractivity (Wildman–Crippen MR) is 103 cm³/mol. The van der Waals surface area contributed by atoms with E-state index in [-0.39, 0.29) is 12.3 Å². The van der Waals surface area contributed by atoms with Gasteiger partial charge in [0, 0.05) is 10.1 Å². The van der Waals surface area contributed by atoms with Gasteiger partial charge >= 0.3 is 5.97 Å². The van der Waals surface area contributed by atoms with Crippen molar-refractivity contribution in [3.8, 4) is 5.75 Å². The summed E-state index contributed by atoms with van der Waals surface area (Å²) in [5.41, 5.74) is 2.35. The number of fused-ring (bicyclic) bond motifs is 1. The van der Waals surface area contributed by atoms with Crippen molar-refractivity contribution in [2.75, 3.05) is 19.5 Å². The number of esters is 1. The van der Waals surface area contributed by atoms with E-state index in [9.17, 15) is 9.59 Å². The molecule has 0 fully saturated rings. The summed E-state index contributed by atoms with van der Waals surface area (Å²) in [5.74, 6) is 0.135. The standard InChI is InChI=1S/C20H19NO4S/c1-12-10-13(8-9-15(12)24-2)11-17(22)21-18-14-6-4-5-7-16(14)26-19(18)20(23)25-3/h4-10H,11H2,1-3H3,(H,21,22). The van der Waals surface area contributed by atoms with E-state index in [4.69, 9.17) is 9.47 Å². The molecule has 0 saturated carbocycles. The molecule has 6 heteroatoms. The van der Waals surface area contributed by atoms with Gasteiger partial charge in [0.05, 0.1) is 26.3 Å². The number of aryl methyl sites for hydroxylation is 1. The normalized spacial score (nSPS) is 10.6. The number of hydrogen-bond donors (Lipinski definition) is 1. The molecule has 0 aliphatic rings. The van der Waals surface area contributed by atoms with E-state index in [1.807, 2.05) is 49.4 Å². The zero-order chi connectivity index (χ0) is 18.7. The number of nitrogens with one attached hydrogen (secondary N) is 1. The summed E-state index contributed by atoms with van der Waals surface area (Å²) >= 11 is 1.31. The van der Waals surface area contributed by atoms with Crippen LogP contribution in [0.25, 0.3) is 10.1 Å². The molecular formula is C20H19NO4S. The molecule has 0 atom stereocenters. The minimum atomic E-state index is -0.457. The number of rotatable bonds is 5. The zero-order valence-corrected chi connectivity index (χ0v) is 15.6. The Morgan fingerprint density at radius 3 is 2.58 bits per heavy atom. The van der Waals surface area contributed by atoms with Crippen LogP contribution in [0.15, 0.2) is 42.5 Å². The van der Waals surface area contributed by atoms with E-state index < -0.39 is 5.97 Å². The van der Waals surface area contributed by atoms with Gasteiger partial charge in [-0.05, 0) is 30.2 Å². The fourth-order valence-electron chi connectivity index (χ4n) is 2.83. The van der Waals surface area contributed by atoms with Gasteiger partial charge in [0.15, 0.2) is 0 Å². The minimum absolute atomic E-state index is 0.191. The number of hydrogen-bond acceptors (Lipinski definition) is 5. The lowest BCUT2D eigenvalue weighted by molar-refractivity contribution is -0.115. The molecule has 0 aliphatic carbocycles. The number of thiophene rings is 1. The third-order valence-electron chi connectivity index (χ3n) is 4.05. The quantitative estimate of drug-likeness (QED) is 0.685. The van der Waals surface area contributed by atoms with E-state index in [2.05, 4.69) is 5.32 Å². The Labute approximate surface area is 155 Å². The largest absolute Gasteiger partial charge is 0.496 e. The van der Waals surface area contributed by atoms with Crippen molar-refractivity contribution >= 4 is 39.0 Å². The molecule has 0 bridgehead atoms. The summed E-state index contributed by atoms with van der Waals surface area (Å²) in [6.45, 7) is 1.93. The first-order chi connectivity index (χ1) is 12.5. The number of carbonyl (C=O) groups is 2. The number of carbonyl (C=O) groups excluding carboxylic acids is 2. The van der Waals surface area contributed by atoms with Crippen LogP contribution in [0, 0.1) is 6.92 Å². The van der Waals surface area contributed by atoms with Gasteiger partial charge in [0.25, 0.3) is 0 Å². The molecular weight excluding hydrogens is 350 g/mol. The summed E-state index contributed by atoms with van der Waals surface area (Å²) in [6, 6.07) is 13.2. The van der Waals surface area contributed by atoms with E-state index in [0.29, 0.717) is 10.6 Å². The van der Waals surface area contributed by atoms with Gasteiger partial charge < -0.3 is 14.8 Å². The van der Waals surface area contributed by atoms with Crippen molar-refractivity contribution in [3.63, 3.8) is 0 Å². The summed E-state index contributed by atoms with van der Waals surface area (Å²) in [7, 11) is 2.95. The van der Waals surface area contributed by atoms with E-state index >= 15 is 0 Å². The van der Waals surface area contributed by atoms with E-state index in [1.165, 1.54) is 18.4 Å². The molecule has 0 radical (unpaired) electrons. The van der Waals surface area contributed by atoms with Gasteiger partial charge in [-0.3, -0.25) is 4.79 Å². The zero-order valence-electron chi connectivity index (χ0n) is 14.8. The highest BCUT2D eigenvalue weighted by Crippen LogP contribution is 2.36. The molecule has 1 amide bonds. The molecule has 2 aromatic carbocycles. The van der Waals surface area contributed by atoms with Crippen molar-refractivity contribution in [3.05, 3.63) is 58.5 Å². The first-order valence-electron chi connectivity index (χ1n) is 8.06. The summed E-state index contributed by atoms with van der Waals surface area (Å²) in [6.07, 6.45) is 0.204. The predicted octanol–water partition coefficient (Wildman–Crippen LogP) is 4.19. The first kappa shape index (κ1) is 17.9. The van der Waals surface area contributed by atoms with Crippen LogP contribution in [0.5, 0.6) is 5.75 Å². The molecule has 0 unspecified atom stereocenters. The van der Waals surface area contributed by atoms with Crippen LogP contribution < -0.4 is 10.1 Å².